The van der Waals surface area contributed by atoms with E-state index in [1.54, 1.807) is 0 Å². The molecule has 24 heavy (non-hydrogen) atoms. The third-order valence-corrected chi connectivity index (χ3v) is 4.81. The maximum absolute atomic E-state index is 9.67. The molecule has 128 valence electrons. The summed E-state index contributed by atoms with van der Waals surface area (Å²) < 4.78 is 5.88. The van der Waals surface area contributed by atoms with Crippen molar-refractivity contribution in [2.24, 2.45) is 0 Å². The normalized spacial score (nSPS) is 21.6. The zero-order valence-electron chi connectivity index (χ0n) is 14.4. The zero-order valence-corrected chi connectivity index (χ0v) is 14.4. The fourth-order valence-electron chi connectivity index (χ4n) is 3.34. The van der Waals surface area contributed by atoms with Crippen molar-refractivity contribution >= 4 is 0 Å². The predicted molar refractivity (Wildman–Crippen MR) is 97.5 cm³/mol. The van der Waals surface area contributed by atoms with Crippen LogP contribution in [0.4, 0.5) is 0 Å². The molecule has 2 atom stereocenters. The first kappa shape index (κ1) is 17.0. The van der Waals surface area contributed by atoms with E-state index in [1.807, 2.05) is 6.07 Å². The van der Waals surface area contributed by atoms with Crippen LogP contribution >= 0.6 is 0 Å². The van der Waals surface area contributed by atoms with Crippen LogP contribution in [0.25, 0.3) is 0 Å². The van der Waals surface area contributed by atoms with Crippen molar-refractivity contribution in [2.45, 2.75) is 38.3 Å². The van der Waals surface area contributed by atoms with Crippen molar-refractivity contribution in [1.82, 2.24) is 4.90 Å². The smallest absolute Gasteiger partial charge is 0.119 e. The lowest BCUT2D eigenvalue weighted by atomic mass is 10.0. The van der Waals surface area contributed by atoms with Gasteiger partial charge < -0.3 is 9.84 Å². The minimum atomic E-state index is -0.130. The molecule has 0 amide bonds. The van der Waals surface area contributed by atoms with E-state index >= 15 is 0 Å². The minimum Gasteiger partial charge on any atom is -0.492 e. The van der Waals surface area contributed by atoms with Crippen LogP contribution in [0.5, 0.6) is 5.75 Å². The van der Waals surface area contributed by atoms with Gasteiger partial charge in [0.25, 0.3) is 0 Å². The lowest BCUT2D eigenvalue weighted by Gasteiger charge is -2.35. The molecule has 0 aromatic heterocycles. The number of hydrogen-bond donors (Lipinski definition) is 1. The summed E-state index contributed by atoms with van der Waals surface area (Å²) in [6.07, 6.45) is 2.57. The van der Waals surface area contributed by atoms with Crippen LogP contribution in [-0.4, -0.2) is 41.8 Å². The molecule has 0 bridgehead atoms. The maximum atomic E-state index is 9.67. The summed E-state index contributed by atoms with van der Waals surface area (Å²) in [7, 11) is 0. The molecule has 3 heteroatoms. The highest BCUT2D eigenvalue weighted by Gasteiger charge is 2.23. The van der Waals surface area contributed by atoms with Crippen LogP contribution in [0.3, 0.4) is 0 Å². The second-order valence-electron chi connectivity index (χ2n) is 6.72. The molecule has 3 rings (SSSR count). The third-order valence-electron chi connectivity index (χ3n) is 4.81. The summed E-state index contributed by atoms with van der Waals surface area (Å²) >= 11 is 0. The van der Waals surface area contributed by atoms with E-state index in [4.69, 9.17) is 4.74 Å². The first-order chi connectivity index (χ1) is 11.7. The lowest BCUT2D eigenvalue weighted by molar-refractivity contribution is 0.0415. The van der Waals surface area contributed by atoms with E-state index in [2.05, 4.69) is 60.4 Å². The number of nitrogens with zero attached hydrogens (tertiary/aromatic N) is 1. The van der Waals surface area contributed by atoms with Crippen LogP contribution in [0, 0.1) is 0 Å². The second-order valence-corrected chi connectivity index (χ2v) is 6.72. The van der Waals surface area contributed by atoms with Gasteiger partial charge in [-0.25, -0.2) is 0 Å². The van der Waals surface area contributed by atoms with Gasteiger partial charge >= 0.3 is 0 Å². The summed E-state index contributed by atoms with van der Waals surface area (Å²) in [5.74, 6) is 0.927. The molecule has 1 heterocycles. The molecule has 0 radical (unpaired) electrons. The molecule has 1 aliphatic rings. The van der Waals surface area contributed by atoms with E-state index in [9.17, 15) is 5.11 Å². The molecule has 0 saturated carbocycles. The molecule has 1 N–H and O–H groups in total. The Hall–Kier alpha value is -1.84. The van der Waals surface area contributed by atoms with Gasteiger partial charge in [-0.1, -0.05) is 42.5 Å². The van der Waals surface area contributed by atoms with Gasteiger partial charge in [0, 0.05) is 19.1 Å². The van der Waals surface area contributed by atoms with Gasteiger partial charge in [-0.3, -0.25) is 4.90 Å². The van der Waals surface area contributed by atoms with Crippen molar-refractivity contribution in [3.63, 3.8) is 0 Å². The Kier molecular flexibility index (Phi) is 5.89. The van der Waals surface area contributed by atoms with Gasteiger partial charge in [0.2, 0.25) is 0 Å². The predicted octanol–water partition coefficient (Wildman–Crippen LogP) is 3.50. The van der Waals surface area contributed by atoms with E-state index in [1.165, 1.54) is 11.1 Å². The lowest BCUT2D eigenvalue weighted by Crippen LogP contribution is -2.44. The van der Waals surface area contributed by atoms with E-state index < -0.39 is 0 Å². The molecular weight excluding hydrogens is 298 g/mol. The highest BCUT2D eigenvalue weighted by molar-refractivity contribution is 5.31. The summed E-state index contributed by atoms with van der Waals surface area (Å²) in [6.45, 7) is 4.75. The average molecular weight is 325 g/mol. The van der Waals surface area contributed by atoms with Crippen molar-refractivity contribution in [1.29, 1.82) is 0 Å². The van der Waals surface area contributed by atoms with Crippen LogP contribution < -0.4 is 4.74 Å². The van der Waals surface area contributed by atoms with Crippen molar-refractivity contribution in [3.8, 4) is 5.75 Å². The number of rotatable bonds is 6. The van der Waals surface area contributed by atoms with Crippen LogP contribution in [-0.2, 0) is 6.42 Å². The Balaban J connectivity index is 1.45. The highest BCUT2D eigenvalue weighted by Crippen LogP contribution is 2.18. The van der Waals surface area contributed by atoms with Crippen LogP contribution in [0.15, 0.2) is 54.6 Å². The standard InChI is InChI=1S/C21H27NO2/c1-17-15-20(23)11-12-22(17)13-14-24-21-9-7-19(8-10-21)16-18-5-3-2-4-6-18/h2-10,17,20,23H,11-16H2,1H3. The molecule has 1 aliphatic heterocycles. The summed E-state index contributed by atoms with van der Waals surface area (Å²) in [6, 6.07) is 19.3. The van der Waals surface area contributed by atoms with Gasteiger partial charge in [0.1, 0.15) is 12.4 Å². The first-order valence-corrected chi connectivity index (χ1v) is 8.88. The van der Waals surface area contributed by atoms with E-state index in [-0.39, 0.29) is 6.10 Å². The fourth-order valence-corrected chi connectivity index (χ4v) is 3.34. The van der Waals surface area contributed by atoms with Gasteiger partial charge in [-0.15, -0.1) is 0 Å². The van der Waals surface area contributed by atoms with Gasteiger partial charge in [-0.05, 0) is 49.4 Å². The molecule has 3 nitrogen and oxygen atoms in total. The maximum Gasteiger partial charge on any atom is 0.119 e. The number of likely N-dealkylation sites (tertiary alicyclic amines) is 1. The molecular formula is C21H27NO2. The number of ether oxygens (including phenoxy) is 1. The van der Waals surface area contributed by atoms with Gasteiger partial charge in [0.15, 0.2) is 0 Å². The average Bonchev–Trinajstić information content (AvgIpc) is 2.59. The Morgan fingerprint density at radius 3 is 2.46 bits per heavy atom. The number of aliphatic hydroxyl groups excluding tert-OH is 1. The van der Waals surface area contributed by atoms with Crippen LogP contribution in [0.1, 0.15) is 30.9 Å². The fraction of sp³-hybridized carbons (Fsp3) is 0.429. The third kappa shape index (κ3) is 4.83. The zero-order chi connectivity index (χ0) is 16.8. The van der Waals surface area contributed by atoms with Crippen molar-refractivity contribution < 1.29 is 9.84 Å². The van der Waals surface area contributed by atoms with Gasteiger partial charge in [0.05, 0.1) is 6.10 Å². The monoisotopic (exact) mass is 325 g/mol. The molecule has 1 saturated heterocycles. The number of aliphatic hydroxyl groups is 1. The number of benzene rings is 2. The van der Waals surface area contributed by atoms with Crippen molar-refractivity contribution in [3.05, 3.63) is 65.7 Å². The Morgan fingerprint density at radius 2 is 1.75 bits per heavy atom. The van der Waals surface area contributed by atoms with Crippen molar-refractivity contribution in [2.75, 3.05) is 19.7 Å². The van der Waals surface area contributed by atoms with E-state index in [0.717, 1.165) is 38.1 Å². The molecule has 0 spiro atoms. The molecule has 1 fully saturated rings. The molecule has 0 aliphatic carbocycles. The number of hydrogen-bond acceptors (Lipinski definition) is 3. The molecule has 2 unspecified atom stereocenters. The quantitative estimate of drug-likeness (QED) is 0.882. The Bertz CT molecular complexity index is 611. The molecule has 2 aromatic rings. The molecule has 2 aromatic carbocycles. The summed E-state index contributed by atoms with van der Waals surface area (Å²) in [5, 5.41) is 9.67. The van der Waals surface area contributed by atoms with E-state index in [0.29, 0.717) is 12.6 Å². The summed E-state index contributed by atoms with van der Waals surface area (Å²) in [5.41, 5.74) is 2.62. The van der Waals surface area contributed by atoms with Gasteiger partial charge in [-0.2, -0.15) is 0 Å². The largest absolute Gasteiger partial charge is 0.492 e. The Labute approximate surface area is 144 Å². The SMILES string of the molecule is CC1CC(O)CCN1CCOc1ccc(Cc2ccccc2)cc1. The van der Waals surface area contributed by atoms with Crippen LogP contribution in [0.2, 0.25) is 0 Å². The Morgan fingerprint density at radius 1 is 1.04 bits per heavy atom. The topological polar surface area (TPSA) is 32.7 Å². The first-order valence-electron chi connectivity index (χ1n) is 8.88. The number of piperidine rings is 1. The second kappa shape index (κ2) is 8.32. The highest BCUT2D eigenvalue weighted by atomic mass is 16.5. The summed E-state index contributed by atoms with van der Waals surface area (Å²) in [4.78, 5) is 2.40. The minimum absolute atomic E-state index is 0.130.